The number of benzene rings is 11. The van der Waals surface area contributed by atoms with E-state index < -0.39 is 0 Å². The van der Waals surface area contributed by atoms with Crippen molar-refractivity contribution in [3.05, 3.63) is 247 Å². The van der Waals surface area contributed by atoms with Crippen molar-refractivity contribution in [2.75, 3.05) is 0 Å². The van der Waals surface area contributed by atoms with Gasteiger partial charge in [-0.15, -0.1) is 0 Å². The van der Waals surface area contributed by atoms with E-state index in [-0.39, 0.29) is 10.8 Å². The highest BCUT2D eigenvalue weighted by Gasteiger charge is 2.36. The zero-order valence-corrected chi connectivity index (χ0v) is 46.1. The van der Waals surface area contributed by atoms with E-state index in [1.165, 1.54) is 11.1 Å². The van der Waals surface area contributed by atoms with E-state index in [0.29, 0.717) is 5.56 Å². The zero-order chi connectivity index (χ0) is 54.6. The second-order valence-electron chi connectivity index (χ2n) is 24.0. The molecule has 0 amide bonds. The van der Waals surface area contributed by atoms with Gasteiger partial charge in [0.1, 0.15) is 11.6 Å². The summed E-state index contributed by atoms with van der Waals surface area (Å²) in [6.07, 6.45) is 0. The Kier molecular flexibility index (Phi) is 9.83. The standard InChI is InChI=1S/C75H56N6/c1-74(2,3)46-39-41-67-56(43-46)57-44-47(75(4,5)6)40-42-68(57)81(67)72-70(78-61-33-17-9-25-50(61)51-26-10-18-34-62(51)78)58(45-76)69(77-59-31-15-7-23-48(59)49-24-8-16-32-60(49)77)71(79-63-35-19-11-27-52(63)53-28-12-20-36-64(53)79)73(72)80-65-37-21-13-29-54(65)55-30-14-22-38-66(55)80/h7-44H,1-6H3. The summed E-state index contributed by atoms with van der Waals surface area (Å²) in [6.45, 7) is 13.8. The highest BCUT2D eigenvalue weighted by molar-refractivity contribution is 6.18. The fraction of sp³-hybridized carbons (Fsp3) is 0.107. The third kappa shape index (κ3) is 6.55. The van der Waals surface area contributed by atoms with E-state index in [4.69, 9.17) is 0 Å². The van der Waals surface area contributed by atoms with Gasteiger partial charge in [-0.2, -0.15) is 5.26 Å². The van der Waals surface area contributed by atoms with Crippen molar-refractivity contribution in [3.63, 3.8) is 0 Å². The molecular formula is C75H56N6. The highest BCUT2D eigenvalue weighted by Crippen LogP contribution is 2.52. The molecule has 0 spiro atoms. The number of nitrogens with zero attached hydrogens (tertiary/aromatic N) is 6. The summed E-state index contributed by atoms with van der Waals surface area (Å²) in [7, 11) is 0. The first-order valence-corrected chi connectivity index (χ1v) is 28.2. The Labute approximate surface area is 468 Å². The van der Waals surface area contributed by atoms with Crippen molar-refractivity contribution >= 4 is 109 Å². The van der Waals surface area contributed by atoms with Crippen molar-refractivity contribution in [2.45, 2.75) is 52.4 Å². The van der Waals surface area contributed by atoms with E-state index in [0.717, 1.165) is 137 Å². The largest absolute Gasteiger partial charge is 0.306 e. The zero-order valence-electron chi connectivity index (χ0n) is 46.1. The minimum Gasteiger partial charge on any atom is -0.306 e. The molecule has 0 aliphatic heterocycles. The van der Waals surface area contributed by atoms with E-state index in [2.05, 4.69) is 301 Å². The Balaban J connectivity index is 1.30. The highest BCUT2D eigenvalue weighted by atomic mass is 15.2. The Morgan fingerprint density at radius 2 is 0.444 bits per heavy atom. The second kappa shape index (κ2) is 17.0. The number of para-hydroxylation sites is 8. The Bertz CT molecular complexity index is 5110. The molecule has 0 N–H and O–H groups in total. The van der Waals surface area contributed by atoms with E-state index in [1.807, 2.05) is 0 Å². The first-order chi connectivity index (χ1) is 39.5. The first-order valence-electron chi connectivity index (χ1n) is 28.2. The summed E-state index contributed by atoms with van der Waals surface area (Å²) in [4.78, 5) is 0. The Morgan fingerprint density at radius 1 is 0.247 bits per heavy atom. The van der Waals surface area contributed by atoms with Gasteiger partial charge in [0.2, 0.25) is 0 Å². The van der Waals surface area contributed by atoms with Crippen LogP contribution < -0.4 is 0 Å². The van der Waals surface area contributed by atoms with E-state index in [1.54, 1.807) is 0 Å². The third-order valence-electron chi connectivity index (χ3n) is 17.4. The fourth-order valence-electron chi connectivity index (χ4n) is 13.7. The van der Waals surface area contributed by atoms with Crippen molar-refractivity contribution in [2.24, 2.45) is 0 Å². The van der Waals surface area contributed by atoms with Gasteiger partial charge in [0.25, 0.3) is 0 Å². The lowest BCUT2D eigenvalue weighted by Gasteiger charge is -2.30. The molecule has 11 aromatic carbocycles. The normalized spacial score (nSPS) is 12.6. The van der Waals surface area contributed by atoms with Crippen LogP contribution in [0.4, 0.5) is 0 Å². The molecule has 0 unspecified atom stereocenters. The van der Waals surface area contributed by atoms with Gasteiger partial charge in [0.15, 0.2) is 0 Å². The van der Waals surface area contributed by atoms with Gasteiger partial charge in [0, 0.05) is 53.9 Å². The molecule has 386 valence electrons. The van der Waals surface area contributed by atoms with Crippen molar-refractivity contribution in [1.29, 1.82) is 5.26 Å². The average Bonchev–Trinajstić information content (AvgIpc) is 2.63. The molecule has 0 fully saturated rings. The van der Waals surface area contributed by atoms with Gasteiger partial charge >= 0.3 is 0 Å². The molecule has 16 rings (SSSR count). The SMILES string of the molecule is CC(C)(C)c1ccc2c(c1)c1cc(C(C)(C)C)ccc1n2-c1c(-n2c3ccccc3c3ccccc32)c(C#N)c(-n2c3ccccc3c3ccccc32)c(-n2c3ccccc3c3ccccc32)c1-n1c2ccccc2c2ccccc21. The molecular weight excluding hydrogens is 985 g/mol. The number of fused-ring (bicyclic) bond motifs is 15. The van der Waals surface area contributed by atoms with Gasteiger partial charge in [-0.25, -0.2) is 0 Å². The van der Waals surface area contributed by atoms with Crippen LogP contribution in [-0.2, 0) is 10.8 Å². The molecule has 0 saturated carbocycles. The lowest BCUT2D eigenvalue weighted by atomic mass is 9.85. The van der Waals surface area contributed by atoms with Gasteiger partial charge in [-0.3, -0.25) is 0 Å². The molecule has 5 heterocycles. The number of hydrogen-bond acceptors (Lipinski definition) is 1. The minimum absolute atomic E-state index is 0.131. The van der Waals surface area contributed by atoms with Crippen LogP contribution in [0.15, 0.2) is 231 Å². The monoisotopic (exact) mass is 1040 g/mol. The van der Waals surface area contributed by atoms with Crippen LogP contribution in [0.2, 0.25) is 0 Å². The molecule has 0 saturated heterocycles. The van der Waals surface area contributed by atoms with Crippen molar-refractivity contribution < 1.29 is 0 Å². The van der Waals surface area contributed by atoms with Crippen molar-refractivity contribution in [1.82, 2.24) is 22.8 Å². The number of aromatic nitrogens is 5. The molecule has 16 aromatic rings. The fourth-order valence-corrected chi connectivity index (χ4v) is 13.7. The number of hydrogen-bond donors (Lipinski definition) is 0. The summed E-state index contributed by atoms with van der Waals surface area (Å²) in [6, 6.07) is 87.7. The molecule has 81 heavy (non-hydrogen) atoms. The lowest BCUT2D eigenvalue weighted by molar-refractivity contribution is 0.590. The smallest absolute Gasteiger partial charge is 0.105 e. The van der Waals surface area contributed by atoms with Crippen LogP contribution in [0.3, 0.4) is 0 Å². The summed E-state index contributed by atoms with van der Waals surface area (Å²) < 4.78 is 12.4. The third-order valence-corrected chi connectivity index (χ3v) is 17.4. The Morgan fingerprint density at radius 3 is 0.667 bits per heavy atom. The van der Waals surface area contributed by atoms with Gasteiger partial charge in [-0.1, -0.05) is 199 Å². The first kappa shape index (κ1) is 47.0. The van der Waals surface area contributed by atoms with Crippen LogP contribution in [-0.4, -0.2) is 22.8 Å². The van der Waals surface area contributed by atoms with Crippen LogP contribution in [0, 0.1) is 11.3 Å². The summed E-state index contributed by atoms with van der Waals surface area (Å²) in [5, 5.41) is 24.4. The molecule has 0 bridgehead atoms. The predicted molar refractivity (Wildman–Crippen MR) is 340 cm³/mol. The summed E-state index contributed by atoms with van der Waals surface area (Å²) in [5.74, 6) is 0. The Hall–Kier alpha value is -10.1. The van der Waals surface area contributed by atoms with E-state index in [9.17, 15) is 5.26 Å². The maximum absolute atomic E-state index is 13.1. The quantitative estimate of drug-likeness (QED) is 0.169. The average molecular weight is 1040 g/mol. The molecule has 0 aliphatic carbocycles. The molecule has 6 heteroatoms. The van der Waals surface area contributed by atoms with Gasteiger partial charge in [0.05, 0.1) is 83.6 Å². The molecule has 0 radical (unpaired) electrons. The maximum atomic E-state index is 13.1. The molecule has 0 aliphatic rings. The van der Waals surface area contributed by atoms with Crippen LogP contribution in [0.1, 0.15) is 58.2 Å². The minimum atomic E-state index is -0.131. The van der Waals surface area contributed by atoms with E-state index >= 15 is 0 Å². The van der Waals surface area contributed by atoms with Gasteiger partial charge < -0.3 is 22.8 Å². The summed E-state index contributed by atoms with van der Waals surface area (Å²) in [5.41, 5.74) is 17.4. The predicted octanol–water partition coefficient (Wildman–Crippen LogP) is 19.6. The van der Waals surface area contributed by atoms with Crippen LogP contribution in [0.25, 0.3) is 137 Å². The lowest BCUT2D eigenvalue weighted by Crippen LogP contribution is -2.19. The summed E-state index contributed by atoms with van der Waals surface area (Å²) >= 11 is 0. The molecule has 5 aromatic heterocycles. The van der Waals surface area contributed by atoms with Gasteiger partial charge in [-0.05, 0) is 94.8 Å². The maximum Gasteiger partial charge on any atom is 0.105 e. The number of rotatable bonds is 5. The molecule has 6 nitrogen and oxygen atoms in total. The topological polar surface area (TPSA) is 48.4 Å². The van der Waals surface area contributed by atoms with Crippen LogP contribution in [0.5, 0.6) is 0 Å². The van der Waals surface area contributed by atoms with Crippen LogP contribution >= 0.6 is 0 Å². The second-order valence-corrected chi connectivity index (χ2v) is 24.0. The molecule has 0 atom stereocenters. The van der Waals surface area contributed by atoms with Crippen molar-refractivity contribution in [3.8, 4) is 34.5 Å². The number of nitriles is 1.